The number of nitrogens with zero attached hydrogens (tertiary/aromatic N) is 2. The van der Waals surface area contributed by atoms with Gasteiger partial charge in [-0.25, -0.2) is 4.79 Å². The van der Waals surface area contributed by atoms with Gasteiger partial charge in [0.25, 0.3) is 5.91 Å². The highest BCUT2D eigenvalue weighted by Gasteiger charge is 2.69. The molecule has 0 aromatic rings. The molecule has 2 aliphatic carbocycles. The average molecular weight is 600 g/mol. The van der Waals surface area contributed by atoms with Crippen molar-refractivity contribution >= 4 is 29.5 Å². The summed E-state index contributed by atoms with van der Waals surface area (Å²) in [6.45, 7) is 19.8. The molecular formula is C33H53N5O5. The molecule has 2 saturated carbocycles. The summed E-state index contributed by atoms with van der Waals surface area (Å²) in [6, 6.07) is -2.96. The Hall–Kier alpha value is -3.17. The van der Waals surface area contributed by atoms with Crippen molar-refractivity contribution < 1.29 is 24.0 Å². The number of piperidine rings is 1. The third-order valence-electron chi connectivity index (χ3n) is 9.70. The van der Waals surface area contributed by atoms with E-state index in [0.717, 1.165) is 32.1 Å². The van der Waals surface area contributed by atoms with Crippen molar-refractivity contribution in [2.24, 2.45) is 23.2 Å². The number of nitrogens with one attached hydrogen (secondary N) is 3. The first-order chi connectivity index (χ1) is 20.3. The Balaban J connectivity index is 1.88. The first kappa shape index (κ1) is 34.3. The molecule has 0 spiro atoms. The Kier molecular flexibility index (Phi) is 11.6. The molecule has 43 heavy (non-hydrogen) atoms. The molecule has 5 amide bonds. The number of hydrogen-bond acceptors (Lipinski definition) is 5. The Morgan fingerprint density at radius 3 is 2.14 bits per heavy atom. The van der Waals surface area contributed by atoms with Gasteiger partial charge in [-0.2, -0.15) is 0 Å². The van der Waals surface area contributed by atoms with E-state index >= 15 is 0 Å². The molecule has 240 valence electrons. The molecule has 0 radical (unpaired) electrons. The number of hydrogen-bond donors (Lipinski definition) is 3. The Labute approximate surface area is 257 Å². The lowest BCUT2D eigenvalue weighted by Gasteiger charge is -2.39. The summed E-state index contributed by atoms with van der Waals surface area (Å²) in [4.78, 5) is 70.8. The molecule has 0 aromatic heterocycles. The molecule has 3 aliphatic rings. The van der Waals surface area contributed by atoms with Gasteiger partial charge in [-0.05, 0) is 76.5 Å². The molecule has 10 heteroatoms. The van der Waals surface area contributed by atoms with Crippen molar-refractivity contribution in [1.29, 1.82) is 0 Å². The van der Waals surface area contributed by atoms with E-state index in [1.807, 2.05) is 27.7 Å². The van der Waals surface area contributed by atoms with E-state index in [-0.39, 0.29) is 60.2 Å². The van der Waals surface area contributed by atoms with Gasteiger partial charge in [0.1, 0.15) is 12.1 Å². The largest absolute Gasteiger partial charge is 0.346 e. The van der Waals surface area contributed by atoms with Gasteiger partial charge in [-0.1, -0.05) is 45.3 Å². The van der Waals surface area contributed by atoms with E-state index in [1.54, 1.807) is 15.9 Å². The quantitative estimate of drug-likeness (QED) is 0.208. The molecule has 10 nitrogen and oxygen atoms in total. The van der Waals surface area contributed by atoms with E-state index in [1.165, 1.54) is 6.08 Å². The number of carbonyl (C=O) groups excluding carboxylic acids is 5. The fraction of sp³-hybridized carbons (Fsp3) is 0.727. The molecule has 5 atom stereocenters. The first-order valence-corrected chi connectivity index (χ1v) is 16.0. The number of amides is 5. The van der Waals surface area contributed by atoms with Crippen molar-refractivity contribution in [2.45, 2.75) is 117 Å². The zero-order chi connectivity index (χ0) is 32.1. The van der Waals surface area contributed by atoms with Crippen LogP contribution in [-0.2, 0) is 19.2 Å². The fourth-order valence-corrected chi connectivity index (χ4v) is 7.33. The Bertz CT molecular complexity index is 1070. The van der Waals surface area contributed by atoms with E-state index in [9.17, 15) is 24.0 Å². The summed E-state index contributed by atoms with van der Waals surface area (Å²) in [5.74, 6) is -2.18. The van der Waals surface area contributed by atoms with Gasteiger partial charge in [-0.15, -0.1) is 13.2 Å². The number of ketones is 1. The van der Waals surface area contributed by atoms with Crippen molar-refractivity contribution in [3.8, 4) is 0 Å². The predicted octanol–water partition coefficient (Wildman–Crippen LogP) is 3.57. The molecule has 1 unspecified atom stereocenters. The molecule has 1 aliphatic heterocycles. The molecule has 1 heterocycles. The minimum Gasteiger partial charge on any atom is -0.346 e. The van der Waals surface area contributed by atoms with Crippen molar-refractivity contribution in [3.63, 3.8) is 0 Å². The summed E-state index contributed by atoms with van der Waals surface area (Å²) >= 11 is 0. The van der Waals surface area contributed by atoms with E-state index in [0.29, 0.717) is 13.0 Å². The minimum absolute atomic E-state index is 0.0181. The van der Waals surface area contributed by atoms with Gasteiger partial charge in [-0.3, -0.25) is 19.2 Å². The average Bonchev–Trinajstić information content (AvgIpc) is 3.28. The van der Waals surface area contributed by atoms with E-state index in [2.05, 4.69) is 43.0 Å². The molecule has 0 aromatic carbocycles. The summed E-state index contributed by atoms with van der Waals surface area (Å²) in [7, 11) is 0. The van der Waals surface area contributed by atoms with Crippen LogP contribution in [0.15, 0.2) is 25.3 Å². The summed E-state index contributed by atoms with van der Waals surface area (Å²) in [5.41, 5.74) is -0.142. The summed E-state index contributed by atoms with van der Waals surface area (Å²) in [5, 5.41) is 8.41. The second kappa shape index (κ2) is 14.5. The maximum absolute atomic E-state index is 14.4. The molecule has 3 N–H and O–H groups in total. The van der Waals surface area contributed by atoms with Crippen molar-refractivity contribution in [2.75, 3.05) is 13.1 Å². The third kappa shape index (κ3) is 7.68. The van der Waals surface area contributed by atoms with Crippen LogP contribution >= 0.6 is 0 Å². The zero-order valence-electron chi connectivity index (χ0n) is 27.0. The van der Waals surface area contributed by atoms with Crippen LogP contribution in [0.2, 0.25) is 0 Å². The smallest absolute Gasteiger partial charge is 0.318 e. The monoisotopic (exact) mass is 599 g/mol. The molecule has 0 bridgehead atoms. The van der Waals surface area contributed by atoms with Crippen LogP contribution in [-0.4, -0.2) is 82.6 Å². The molecule has 3 fully saturated rings. The fourth-order valence-electron chi connectivity index (χ4n) is 7.33. The highest BCUT2D eigenvalue weighted by molar-refractivity contribution is 6.38. The number of allylic oxidation sites excluding steroid dienone is 1. The molecule has 1 saturated heterocycles. The van der Waals surface area contributed by atoms with Gasteiger partial charge >= 0.3 is 6.03 Å². The van der Waals surface area contributed by atoms with Gasteiger partial charge in [0, 0.05) is 25.2 Å². The van der Waals surface area contributed by atoms with Gasteiger partial charge < -0.3 is 25.8 Å². The maximum Gasteiger partial charge on any atom is 0.318 e. The standard InChI is InChI=1S/C33H53N5O5/c1-9-11-17-24(28(39)30(41)34-18-10-2)35-29(40)27-25-23(33(25,7)8)19-37(27)31(42)26(22-15-13-12-14-16-22)36-32(43)38(20(3)4)21(5)6/h9-10,20-27H,1-2,11-19H2,3-8H3,(H,34,41)(H,35,40)(H,36,43)/t23-,24?,25-,26-,27-/m0/s1. The van der Waals surface area contributed by atoms with Crippen LogP contribution in [0.4, 0.5) is 4.79 Å². The van der Waals surface area contributed by atoms with E-state index < -0.39 is 35.7 Å². The van der Waals surface area contributed by atoms with Crippen LogP contribution in [0.25, 0.3) is 0 Å². The van der Waals surface area contributed by atoms with Gasteiger partial charge in [0.15, 0.2) is 0 Å². The SMILES string of the molecule is C=CCCC(NC(=O)[C@@H]1[C@@H]2[C@H](CN1C(=O)[C@@H](NC(=O)N(C(C)C)C(C)C)C1CCCCC1)C2(C)C)C(=O)C(=O)NCC=C. The third-order valence-corrected chi connectivity index (χ3v) is 9.70. The van der Waals surface area contributed by atoms with Crippen LogP contribution in [0, 0.1) is 23.2 Å². The Morgan fingerprint density at radius 2 is 1.58 bits per heavy atom. The summed E-state index contributed by atoms with van der Waals surface area (Å²) in [6.07, 6.45) is 8.50. The van der Waals surface area contributed by atoms with E-state index in [4.69, 9.17) is 0 Å². The van der Waals surface area contributed by atoms with Crippen LogP contribution in [0.5, 0.6) is 0 Å². The maximum atomic E-state index is 14.4. The van der Waals surface area contributed by atoms with Crippen LogP contribution in [0.1, 0.15) is 86.5 Å². The molecular weight excluding hydrogens is 546 g/mol. The van der Waals surface area contributed by atoms with Crippen molar-refractivity contribution in [3.05, 3.63) is 25.3 Å². The highest BCUT2D eigenvalue weighted by atomic mass is 16.2. The second-order valence-electron chi connectivity index (χ2n) is 13.6. The normalized spacial score (nSPS) is 24.0. The lowest BCUT2D eigenvalue weighted by molar-refractivity contribution is -0.144. The number of urea groups is 1. The minimum atomic E-state index is -1.05. The number of rotatable bonds is 14. The van der Waals surface area contributed by atoms with Crippen LogP contribution < -0.4 is 16.0 Å². The first-order valence-electron chi connectivity index (χ1n) is 16.0. The number of carbonyl (C=O) groups is 5. The topological polar surface area (TPSA) is 128 Å². The highest BCUT2D eigenvalue weighted by Crippen LogP contribution is 2.65. The van der Waals surface area contributed by atoms with Gasteiger partial charge in [0.05, 0.1) is 6.04 Å². The Morgan fingerprint density at radius 1 is 0.953 bits per heavy atom. The van der Waals surface area contributed by atoms with Crippen molar-refractivity contribution in [1.82, 2.24) is 25.8 Å². The second-order valence-corrected chi connectivity index (χ2v) is 13.6. The summed E-state index contributed by atoms with van der Waals surface area (Å²) < 4.78 is 0. The number of likely N-dealkylation sites (tertiary alicyclic amines) is 1. The molecule has 3 rings (SSSR count). The van der Waals surface area contributed by atoms with Crippen LogP contribution in [0.3, 0.4) is 0 Å². The lowest BCUT2D eigenvalue weighted by Crippen LogP contribution is -2.61. The zero-order valence-corrected chi connectivity index (χ0v) is 27.0. The lowest BCUT2D eigenvalue weighted by atomic mass is 9.83. The van der Waals surface area contributed by atoms with Gasteiger partial charge in [0.2, 0.25) is 17.6 Å². The number of Topliss-reactive ketones (excluding diaryl/α,β-unsaturated/α-hetero) is 1. The predicted molar refractivity (Wildman–Crippen MR) is 167 cm³/mol. The number of fused-ring (bicyclic) bond motifs is 1.